The van der Waals surface area contributed by atoms with Gasteiger partial charge in [-0.25, -0.2) is 9.78 Å². The van der Waals surface area contributed by atoms with Gasteiger partial charge in [-0.05, 0) is 48.5 Å². The molecule has 0 saturated carbocycles. The minimum atomic E-state index is -1.04. The Hall–Kier alpha value is -4.10. The monoisotopic (exact) mass is 457 g/mol. The number of benzene rings is 3. The molecule has 0 saturated heterocycles. The quantitative estimate of drug-likeness (QED) is 0.430. The van der Waals surface area contributed by atoms with Crippen LogP contribution in [0.25, 0.3) is 10.9 Å². The molecule has 1 aliphatic rings. The molecule has 4 aromatic rings. The third-order valence-corrected chi connectivity index (χ3v) is 5.72. The van der Waals surface area contributed by atoms with Gasteiger partial charge in [0.25, 0.3) is 0 Å². The Labute approximate surface area is 196 Å². The lowest BCUT2D eigenvalue weighted by molar-refractivity contribution is 0.0310. The van der Waals surface area contributed by atoms with Crippen LogP contribution in [-0.2, 0) is 6.61 Å². The molecular weight excluding hydrogens is 434 g/mol. The van der Waals surface area contributed by atoms with Crippen molar-refractivity contribution in [3.8, 4) is 17.2 Å². The van der Waals surface area contributed by atoms with Gasteiger partial charge in [0.1, 0.15) is 36.1 Å². The third kappa shape index (κ3) is 4.65. The summed E-state index contributed by atoms with van der Waals surface area (Å²) in [7, 11) is 0. The molecule has 0 spiro atoms. The smallest absolute Gasteiger partial charge is 0.335 e. The Morgan fingerprint density at radius 2 is 1.88 bits per heavy atom. The van der Waals surface area contributed by atoms with E-state index in [-0.39, 0.29) is 12.2 Å². The standard InChI is InChI=1S/C27H23NO6/c29-26-22-15-20(33-16-19-9-8-17-4-1-2-7-23(17)28-19)10-11-24(22)32-13-12-25(26)34-21-6-3-5-18(14-21)27(30)31/h1-11,14-15,25-26,29H,12-13,16H2,(H,30,31)/t25-,26-/m1/s1. The largest absolute Gasteiger partial charge is 0.493 e. The number of hydrogen-bond acceptors (Lipinski definition) is 6. The summed E-state index contributed by atoms with van der Waals surface area (Å²) in [6, 6.07) is 23.4. The van der Waals surface area contributed by atoms with Gasteiger partial charge in [0, 0.05) is 17.4 Å². The number of carboxylic acids is 1. The zero-order valence-corrected chi connectivity index (χ0v) is 18.3. The van der Waals surface area contributed by atoms with E-state index in [0.717, 1.165) is 16.6 Å². The summed E-state index contributed by atoms with van der Waals surface area (Å²) in [6.07, 6.45) is -1.15. The first-order valence-electron chi connectivity index (χ1n) is 11.0. The van der Waals surface area contributed by atoms with Crippen LogP contribution in [0.4, 0.5) is 0 Å². The van der Waals surface area contributed by atoms with Crippen molar-refractivity contribution >= 4 is 16.9 Å². The van der Waals surface area contributed by atoms with E-state index in [1.165, 1.54) is 12.1 Å². The molecule has 0 aliphatic carbocycles. The second-order valence-corrected chi connectivity index (χ2v) is 8.05. The van der Waals surface area contributed by atoms with Crippen LogP contribution < -0.4 is 14.2 Å². The molecule has 7 heteroatoms. The molecular formula is C27H23NO6. The summed E-state index contributed by atoms with van der Waals surface area (Å²) < 4.78 is 17.7. The van der Waals surface area contributed by atoms with Gasteiger partial charge in [-0.3, -0.25) is 0 Å². The van der Waals surface area contributed by atoms with Gasteiger partial charge >= 0.3 is 5.97 Å². The maximum absolute atomic E-state index is 11.3. The molecule has 7 nitrogen and oxygen atoms in total. The highest BCUT2D eigenvalue weighted by Gasteiger charge is 2.29. The molecule has 0 bridgehead atoms. The molecule has 0 amide bonds. The molecule has 5 rings (SSSR count). The Bertz CT molecular complexity index is 1340. The van der Waals surface area contributed by atoms with Crippen molar-refractivity contribution in [3.05, 3.63) is 95.7 Å². The van der Waals surface area contributed by atoms with E-state index >= 15 is 0 Å². The van der Waals surface area contributed by atoms with Crippen molar-refractivity contribution in [1.29, 1.82) is 0 Å². The molecule has 3 aromatic carbocycles. The predicted molar refractivity (Wildman–Crippen MR) is 125 cm³/mol. The number of pyridine rings is 1. The van der Waals surface area contributed by atoms with Gasteiger partial charge in [-0.1, -0.05) is 30.3 Å². The van der Waals surface area contributed by atoms with E-state index in [4.69, 9.17) is 14.2 Å². The number of aliphatic hydroxyl groups excluding tert-OH is 1. The molecule has 0 unspecified atom stereocenters. The fourth-order valence-electron chi connectivity index (χ4n) is 3.97. The molecule has 2 heterocycles. The molecule has 0 radical (unpaired) electrons. The topological polar surface area (TPSA) is 98.1 Å². The summed E-state index contributed by atoms with van der Waals surface area (Å²) in [5.41, 5.74) is 2.38. The van der Waals surface area contributed by atoms with Crippen molar-refractivity contribution < 1.29 is 29.2 Å². The van der Waals surface area contributed by atoms with Crippen molar-refractivity contribution in [2.75, 3.05) is 6.61 Å². The average Bonchev–Trinajstić information content (AvgIpc) is 3.01. The number of hydrogen-bond donors (Lipinski definition) is 2. The molecule has 0 fully saturated rings. The Kier molecular flexibility index (Phi) is 6.01. The van der Waals surface area contributed by atoms with Gasteiger partial charge in [-0.2, -0.15) is 0 Å². The first kappa shape index (κ1) is 21.7. The molecule has 1 aliphatic heterocycles. The fourth-order valence-corrected chi connectivity index (χ4v) is 3.97. The van der Waals surface area contributed by atoms with E-state index < -0.39 is 18.2 Å². The van der Waals surface area contributed by atoms with Crippen LogP contribution in [-0.4, -0.2) is 33.9 Å². The second kappa shape index (κ2) is 9.41. The summed E-state index contributed by atoms with van der Waals surface area (Å²) in [4.78, 5) is 15.9. The van der Waals surface area contributed by atoms with Gasteiger partial charge in [-0.15, -0.1) is 0 Å². The first-order chi connectivity index (χ1) is 16.6. The van der Waals surface area contributed by atoms with Crippen molar-refractivity contribution in [2.45, 2.75) is 25.2 Å². The molecule has 2 N–H and O–H groups in total. The van der Waals surface area contributed by atoms with E-state index in [1.807, 2.05) is 36.4 Å². The number of nitrogens with zero attached hydrogens (tertiary/aromatic N) is 1. The maximum Gasteiger partial charge on any atom is 0.335 e. The van der Waals surface area contributed by atoms with Crippen LogP contribution in [0.5, 0.6) is 17.2 Å². The average molecular weight is 457 g/mol. The van der Waals surface area contributed by atoms with E-state index in [2.05, 4.69) is 4.98 Å². The van der Waals surface area contributed by atoms with Crippen LogP contribution in [0.3, 0.4) is 0 Å². The fraction of sp³-hybridized carbons (Fsp3) is 0.185. The second-order valence-electron chi connectivity index (χ2n) is 8.05. The lowest BCUT2D eigenvalue weighted by atomic mass is 10.0. The number of fused-ring (bicyclic) bond motifs is 2. The summed E-state index contributed by atoms with van der Waals surface area (Å²) in [5, 5.41) is 21.4. The minimum absolute atomic E-state index is 0.121. The number of para-hydroxylation sites is 1. The third-order valence-electron chi connectivity index (χ3n) is 5.72. The van der Waals surface area contributed by atoms with Crippen LogP contribution in [0.1, 0.15) is 34.1 Å². The number of carboxylic acid groups (broad SMARTS) is 1. The van der Waals surface area contributed by atoms with Gasteiger partial charge in [0.2, 0.25) is 0 Å². The van der Waals surface area contributed by atoms with Crippen molar-refractivity contribution in [3.63, 3.8) is 0 Å². The number of aromatic carboxylic acids is 1. The van der Waals surface area contributed by atoms with Gasteiger partial charge < -0.3 is 24.4 Å². The lowest BCUT2D eigenvalue weighted by Crippen LogP contribution is -2.25. The Morgan fingerprint density at radius 3 is 2.76 bits per heavy atom. The summed E-state index contributed by atoms with van der Waals surface area (Å²) in [5.74, 6) is 0.476. The number of rotatable bonds is 6. The van der Waals surface area contributed by atoms with Crippen LogP contribution in [0, 0.1) is 0 Å². The number of carbonyl (C=O) groups is 1. The summed E-state index contributed by atoms with van der Waals surface area (Å²) >= 11 is 0. The zero-order valence-electron chi connectivity index (χ0n) is 18.3. The van der Waals surface area contributed by atoms with E-state index in [1.54, 1.807) is 30.3 Å². The minimum Gasteiger partial charge on any atom is -0.493 e. The molecule has 2 atom stereocenters. The molecule has 172 valence electrons. The highest BCUT2D eigenvalue weighted by atomic mass is 16.5. The van der Waals surface area contributed by atoms with Gasteiger partial charge in [0.05, 0.1) is 23.4 Å². The highest BCUT2D eigenvalue weighted by Crippen LogP contribution is 2.36. The first-order valence-corrected chi connectivity index (χ1v) is 11.0. The summed E-state index contributed by atoms with van der Waals surface area (Å²) in [6.45, 7) is 0.636. The molecule has 1 aromatic heterocycles. The highest BCUT2D eigenvalue weighted by molar-refractivity contribution is 5.88. The number of aromatic nitrogens is 1. The molecule has 34 heavy (non-hydrogen) atoms. The van der Waals surface area contributed by atoms with Crippen LogP contribution >= 0.6 is 0 Å². The number of aliphatic hydroxyl groups is 1. The van der Waals surface area contributed by atoms with Crippen LogP contribution in [0.15, 0.2) is 78.9 Å². The van der Waals surface area contributed by atoms with Crippen LogP contribution in [0.2, 0.25) is 0 Å². The maximum atomic E-state index is 11.3. The van der Waals surface area contributed by atoms with Crippen molar-refractivity contribution in [1.82, 2.24) is 4.98 Å². The predicted octanol–water partition coefficient (Wildman–Crippen LogP) is 4.78. The lowest BCUT2D eigenvalue weighted by Gasteiger charge is -2.22. The van der Waals surface area contributed by atoms with Crippen molar-refractivity contribution in [2.24, 2.45) is 0 Å². The van der Waals surface area contributed by atoms with E-state index in [9.17, 15) is 15.0 Å². The normalized spacial score (nSPS) is 17.3. The van der Waals surface area contributed by atoms with Gasteiger partial charge in [0.15, 0.2) is 0 Å². The SMILES string of the molecule is O=C(O)c1cccc(O[C@@H]2CCOc3ccc(OCc4ccc5ccccc5n4)cc3[C@H]2O)c1. The van der Waals surface area contributed by atoms with E-state index in [0.29, 0.717) is 35.8 Å². The number of ether oxygens (including phenoxy) is 3. The zero-order chi connectivity index (χ0) is 23.5. The Morgan fingerprint density at radius 1 is 1.00 bits per heavy atom. The Balaban J connectivity index is 1.32.